The lowest BCUT2D eigenvalue weighted by Crippen LogP contribution is -2.35. The summed E-state index contributed by atoms with van der Waals surface area (Å²) < 4.78 is 56.6. The molecule has 0 fully saturated rings. The molecule has 1 unspecified atom stereocenters. The topological polar surface area (TPSA) is 55.5 Å². The van der Waals surface area contributed by atoms with E-state index in [1.807, 2.05) is 0 Å². The lowest BCUT2D eigenvalue weighted by molar-refractivity contribution is 0.0440. The zero-order valence-electron chi connectivity index (χ0n) is 9.64. The molecule has 7 heteroatoms. The first kappa shape index (κ1) is 14.7. The van der Waals surface area contributed by atoms with Crippen LogP contribution in [0.1, 0.15) is 13.3 Å². The van der Waals surface area contributed by atoms with Gasteiger partial charge in [0.15, 0.2) is 17.4 Å². The molecular formula is C11H13F4NO2. The van der Waals surface area contributed by atoms with Crippen LogP contribution in [0.15, 0.2) is 6.07 Å². The molecule has 1 atom stereocenters. The highest BCUT2D eigenvalue weighted by atomic mass is 19.2. The van der Waals surface area contributed by atoms with E-state index in [1.165, 1.54) is 6.92 Å². The Hall–Kier alpha value is -1.34. The molecule has 1 aromatic rings. The smallest absolute Gasteiger partial charge is 0.203 e. The third kappa shape index (κ3) is 3.33. The van der Waals surface area contributed by atoms with E-state index in [0.29, 0.717) is 0 Å². The highest BCUT2D eigenvalue weighted by molar-refractivity contribution is 5.28. The molecule has 0 radical (unpaired) electrons. The lowest BCUT2D eigenvalue weighted by Gasteiger charge is -2.21. The van der Waals surface area contributed by atoms with Crippen molar-refractivity contribution >= 4 is 0 Å². The first-order valence-corrected chi connectivity index (χ1v) is 5.17. The Kier molecular flexibility index (Phi) is 4.53. The highest BCUT2D eigenvalue weighted by Crippen LogP contribution is 2.26. The number of nitrogens with two attached hydrogens (primary N) is 1. The van der Waals surface area contributed by atoms with E-state index in [4.69, 9.17) is 5.73 Å². The maximum Gasteiger partial charge on any atom is 0.203 e. The molecule has 18 heavy (non-hydrogen) atoms. The fourth-order valence-electron chi connectivity index (χ4n) is 1.15. The van der Waals surface area contributed by atoms with Gasteiger partial charge < -0.3 is 15.6 Å². The normalized spacial score (nSPS) is 14.4. The Morgan fingerprint density at radius 1 is 1.22 bits per heavy atom. The minimum absolute atomic E-state index is 0.0412. The number of aliphatic hydroxyl groups is 1. The van der Waals surface area contributed by atoms with Crippen LogP contribution in [0, 0.1) is 23.3 Å². The Bertz CT molecular complexity index is 411. The molecule has 0 aromatic heterocycles. The van der Waals surface area contributed by atoms with Gasteiger partial charge in [0.05, 0.1) is 12.2 Å². The van der Waals surface area contributed by atoms with Crippen molar-refractivity contribution in [2.75, 3.05) is 13.2 Å². The summed E-state index contributed by atoms with van der Waals surface area (Å²) in [5.41, 5.74) is 3.94. The van der Waals surface area contributed by atoms with Crippen LogP contribution in [0.3, 0.4) is 0 Å². The van der Waals surface area contributed by atoms with Crippen molar-refractivity contribution < 1.29 is 27.4 Å². The van der Waals surface area contributed by atoms with Crippen LogP contribution in [0.2, 0.25) is 0 Å². The molecule has 0 bridgehead atoms. The molecule has 1 rings (SSSR count). The van der Waals surface area contributed by atoms with E-state index in [2.05, 4.69) is 4.74 Å². The molecule has 0 saturated heterocycles. The van der Waals surface area contributed by atoms with Gasteiger partial charge >= 0.3 is 0 Å². The average molecular weight is 267 g/mol. The van der Waals surface area contributed by atoms with Gasteiger partial charge in [0.2, 0.25) is 11.6 Å². The third-order valence-electron chi connectivity index (χ3n) is 2.40. The Morgan fingerprint density at radius 3 is 2.17 bits per heavy atom. The summed E-state index contributed by atoms with van der Waals surface area (Å²) in [7, 11) is 0. The minimum Gasteiger partial charge on any atom is -0.487 e. The maximum atomic E-state index is 13.2. The molecule has 0 spiro atoms. The van der Waals surface area contributed by atoms with Crippen LogP contribution in [0.4, 0.5) is 17.6 Å². The molecule has 0 aliphatic rings. The summed E-state index contributed by atoms with van der Waals surface area (Å²) in [5.74, 6) is -7.45. The summed E-state index contributed by atoms with van der Waals surface area (Å²) in [6, 6.07) is 0.0908. The summed E-state index contributed by atoms with van der Waals surface area (Å²) in [4.78, 5) is 0. The molecule has 3 N–H and O–H groups in total. The molecule has 3 nitrogen and oxygen atoms in total. The second-order valence-corrected chi connectivity index (χ2v) is 4.10. The average Bonchev–Trinajstić information content (AvgIpc) is 2.31. The van der Waals surface area contributed by atoms with Gasteiger partial charge in [-0.25, -0.2) is 8.78 Å². The van der Waals surface area contributed by atoms with E-state index < -0.39 is 34.6 Å². The van der Waals surface area contributed by atoms with Crippen LogP contribution >= 0.6 is 0 Å². The zero-order chi connectivity index (χ0) is 13.9. The van der Waals surface area contributed by atoms with Gasteiger partial charge in [-0.1, -0.05) is 0 Å². The first-order chi connectivity index (χ1) is 8.28. The van der Waals surface area contributed by atoms with Crippen molar-refractivity contribution in [3.8, 4) is 5.75 Å². The molecule has 0 heterocycles. The minimum atomic E-state index is -1.61. The fraction of sp³-hybridized carbons (Fsp3) is 0.455. The molecule has 0 amide bonds. The van der Waals surface area contributed by atoms with Crippen LogP contribution < -0.4 is 10.5 Å². The van der Waals surface area contributed by atoms with Crippen molar-refractivity contribution in [2.45, 2.75) is 18.9 Å². The molecule has 0 saturated carbocycles. The fourth-order valence-corrected chi connectivity index (χ4v) is 1.15. The Labute approximate surface area is 101 Å². The Morgan fingerprint density at radius 2 is 1.72 bits per heavy atom. The van der Waals surface area contributed by atoms with Crippen molar-refractivity contribution in [1.82, 2.24) is 0 Å². The van der Waals surface area contributed by atoms with Gasteiger partial charge in [0, 0.05) is 19.0 Å². The summed E-state index contributed by atoms with van der Waals surface area (Å²) >= 11 is 0. The van der Waals surface area contributed by atoms with Crippen molar-refractivity contribution in [2.24, 2.45) is 5.73 Å². The summed E-state index contributed by atoms with van der Waals surface area (Å²) in [6.07, 6.45) is -0.0412. The quantitative estimate of drug-likeness (QED) is 0.631. The van der Waals surface area contributed by atoms with E-state index in [9.17, 15) is 22.7 Å². The highest BCUT2D eigenvalue weighted by Gasteiger charge is 2.22. The molecule has 1 aromatic carbocycles. The van der Waals surface area contributed by atoms with Gasteiger partial charge in [0.25, 0.3) is 0 Å². The predicted octanol–water partition coefficient (Wildman–Crippen LogP) is 1.72. The van der Waals surface area contributed by atoms with Crippen molar-refractivity contribution in [3.05, 3.63) is 29.3 Å². The molecule has 0 aliphatic carbocycles. The van der Waals surface area contributed by atoms with E-state index in [1.54, 1.807) is 0 Å². The maximum absolute atomic E-state index is 13.2. The van der Waals surface area contributed by atoms with Gasteiger partial charge in [0.1, 0.15) is 0 Å². The SMILES string of the molecule is CC(O)(CN)CCOc1c(F)c(F)cc(F)c1F. The van der Waals surface area contributed by atoms with Gasteiger partial charge in [-0.3, -0.25) is 0 Å². The van der Waals surface area contributed by atoms with Crippen LogP contribution in [-0.2, 0) is 0 Å². The van der Waals surface area contributed by atoms with Crippen molar-refractivity contribution in [1.29, 1.82) is 0 Å². The van der Waals surface area contributed by atoms with E-state index in [-0.39, 0.29) is 25.6 Å². The van der Waals surface area contributed by atoms with Crippen LogP contribution in [0.5, 0.6) is 5.75 Å². The third-order valence-corrected chi connectivity index (χ3v) is 2.40. The number of benzene rings is 1. The summed E-state index contributed by atoms with van der Waals surface area (Å²) in [5, 5.41) is 9.51. The largest absolute Gasteiger partial charge is 0.487 e. The molecular weight excluding hydrogens is 254 g/mol. The molecule has 102 valence electrons. The number of rotatable bonds is 5. The number of hydrogen-bond acceptors (Lipinski definition) is 3. The molecule has 0 aliphatic heterocycles. The van der Waals surface area contributed by atoms with Crippen LogP contribution in [-0.4, -0.2) is 23.9 Å². The predicted molar refractivity (Wildman–Crippen MR) is 56.1 cm³/mol. The standard InChI is InChI=1S/C11H13F4NO2/c1-11(17,5-16)2-3-18-10-8(14)6(12)4-7(13)9(10)15/h4,17H,2-3,5,16H2,1H3. The lowest BCUT2D eigenvalue weighted by atomic mass is 10.0. The summed E-state index contributed by atoms with van der Waals surface area (Å²) in [6.45, 7) is 0.981. The zero-order valence-corrected chi connectivity index (χ0v) is 9.64. The monoisotopic (exact) mass is 267 g/mol. The van der Waals surface area contributed by atoms with Crippen LogP contribution in [0.25, 0.3) is 0 Å². The van der Waals surface area contributed by atoms with E-state index >= 15 is 0 Å². The number of hydrogen-bond donors (Lipinski definition) is 2. The van der Waals surface area contributed by atoms with Gasteiger partial charge in [-0.15, -0.1) is 0 Å². The second kappa shape index (κ2) is 5.53. The number of ether oxygens (including phenoxy) is 1. The number of halogens is 4. The first-order valence-electron chi connectivity index (χ1n) is 5.17. The van der Waals surface area contributed by atoms with E-state index in [0.717, 1.165) is 0 Å². The Balaban J connectivity index is 2.80. The second-order valence-electron chi connectivity index (χ2n) is 4.10. The van der Waals surface area contributed by atoms with Crippen molar-refractivity contribution in [3.63, 3.8) is 0 Å². The van der Waals surface area contributed by atoms with Gasteiger partial charge in [-0.05, 0) is 6.92 Å². The van der Waals surface area contributed by atoms with Gasteiger partial charge in [-0.2, -0.15) is 8.78 Å².